The third kappa shape index (κ3) is 3.20. The standard InChI is InChI=1S/C9H13N3O6S/c1-9(3-2-4-19(15,16)17)6-11-5-7(12(13)14)10-8(11)18-9/h5H,2-4,6H2,1H3,(H,15,16,17). The number of rotatable bonds is 5. The summed E-state index contributed by atoms with van der Waals surface area (Å²) in [5.74, 6) is -0.621. The van der Waals surface area contributed by atoms with E-state index in [0.29, 0.717) is 13.0 Å². The van der Waals surface area contributed by atoms with Crippen LogP contribution in [0.15, 0.2) is 6.20 Å². The predicted molar refractivity (Wildman–Crippen MR) is 63.6 cm³/mol. The van der Waals surface area contributed by atoms with Crippen LogP contribution in [0, 0.1) is 10.1 Å². The fourth-order valence-electron chi connectivity index (χ4n) is 2.04. The molecule has 0 amide bonds. The molecule has 10 heteroatoms. The maximum atomic E-state index is 10.6. The summed E-state index contributed by atoms with van der Waals surface area (Å²) in [4.78, 5) is 13.6. The van der Waals surface area contributed by atoms with Crippen molar-refractivity contribution < 1.29 is 22.6 Å². The van der Waals surface area contributed by atoms with Gasteiger partial charge < -0.3 is 14.9 Å². The van der Waals surface area contributed by atoms with Gasteiger partial charge in [0, 0.05) is 4.98 Å². The summed E-state index contributed by atoms with van der Waals surface area (Å²) < 4.78 is 36.9. The lowest BCUT2D eigenvalue weighted by Gasteiger charge is -2.21. The van der Waals surface area contributed by atoms with Gasteiger partial charge in [0.25, 0.3) is 10.1 Å². The Kier molecular flexibility index (Phi) is 3.22. The first kappa shape index (κ1) is 13.7. The van der Waals surface area contributed by atoms with E-state index in [1.165, 1.54) is 10.8 Å². The molecule has 0 spiro atoms. The molecule has 9 nitrogen and oxygen atoms in total. The monoisotopic (exact) mass is 291 g/mol. The predicted octanol–water partition coefficient (Wildman–Crippen LogP) is 0.610. The minimum atomic E-state index is -3.98. The molecule has 1 atom stereocenters. The van der Waals surface area contributed by atoms with Gasteiger partial charge in [-0.05, 0) is 24.7 Å². The summed E-state index contributed by atoms with van der Waals surface area (Å²) in [7, 11) is -3.98. The zero-order chi connectivity index (χ0) is 14.3. The van der Waals surface area contributed by atoms with E-state index >= 15 is 0 Å². The molecule has 0 saturated heterocycles. The molecule has 1 unspecified atom stereocenters. The van der Waals surface area contributed by atoms with Crippen molar-refractivity contribution in [3.05, 3.63) is 16.3 Å². The van der Waals surface area contributed by atoms with Crippen molar-refractivity contribution in [2.45, 2.75) is 31.9 Å². The van der Waals surface area contributed by atoms with E-state index in [1.807, 2.05) is 0 Å². The summed E-state index contributed by atoms with van der Waals surface area (Å²) >= 11 is 0. The molecule has 1 aliphatic heterocycles. The number of fused-ring (bicyclic) bond motifs is 1. The topological polar surface area (TPSA) is 125 Å². The molecule has 1 aliphatic rings. The minimum absolute atomic E-state index is 0.154. The molecule has 0 aromatic carbocycles. The zero-order valence-electron chi connectivity index (χ0n) is 10.1. The van der Waals surface area contributed by atoms with Gasteiger partial charge in [-0.25, -0.2) is 0 Å². The van der Waals surface area contributed by atoms with Crippen LogP contribution >= 0.6 is 0 Å². The van der Waals surface area contributed by atoms with E-state index in [1.54, 1.807) is 6.92 Å². The maximum absolute atomic E-state index is 10.6. The van der Waals surface area contributed by atoms with Gasteiger partial charge in [-0.3, -0.25) is 9.12 Å². The van der Waals surface area contributed by atoms with Crippen LogP contribution in [0.5, 0.6) is 6.01 Å². The Bertz CT molecular complexity index is 584. The number of nitro groups is 1. The van der Waals surface area contributed by atoms with E-state index in [0.717, 1.165) is 0 Å². The highest BCUT2D eigenvalue weighted by atomic mass is 32.2. The lowest BCUT2D eigenvalue weighted by molar-refractivity contribution is -0.389. The number of ether oxygens (including phenoxy) is 1. The van der Waals surface area contributed by atoms with E-state index in [9.17, 15) is 18.5 Å². The molecule has 0 bridgehead atoms. The van der Waals surface area contributed by atoms with Crippen LogP contribution in [0.1, 0.15) is 19.8 Å². The number of nitrogens with zero attached hydrogens (tertiary/aromatic N) is 3. The molecular formula is C9H13N3O6S. The van der Waals surface area contributed by atoms with Crippen LogP contribution in [-0.4, -0.2) is 38.8 Å². The van der Waals surface area contributed by atoms with Crippen molar-refractivity contribution in [2.24, 2.45) is 0 Å². The Morgan fingerprint density at radius 1 is 1.68 bits per heavy atom. The lowest BCUT2D eigenvalue weighted by atomic mass is 10.0. The summed E-state index contributed by atoms with van der Waals surface area (Å²) in [5, 5.41) is 10.5. The van der Waals surface area contributed by atoms with Gasteiger partial charge in [0.1, 0.15) is 11.8 Å². The van der Waals surface area contributed by atoms with Crippen LogP contribution in [-0.2, 0) is 16.7 Å². The van der Waals surface area contributed by atoms with Crippen molar-refractivity contribution in [1.29, 1.82) is 0 Å². The van der Waals surface area contributed by atoms with Gasteiger partial charge in [0.2, 0.25) is 0 Å². The maximum Gasteiger partial charge on any atom is 0.414 e. The number of imidazole rings is 1. The fourth-order valence-corrected chi connectivity index (χ4v) is 2.55. The molecule has 106 valence electrons. The molecule has 1 aromatic rings. The van der Waals surface area contributed by atoms with Crippen molar-refractivity contribution in [1.82, 2.24) is 9.55 Å². The molecule has 0 aliphatic carbocycles. The summed E-state index contributed by atoms with van der Waals surface area (Å²) in [6.07, 6.45) is 1.91. The van der Waals surface area contributed by atoms with Gasteiger partial charge in [-0.2, -0.15) is 8.42 Å². The highest BCUT2D eigenvalue weighted by molar-refractivity contribution is 7.85. The molecule has 0 radical (unpaired) electrons. The van der Waals surface area contributed by atoms with Gasteiger partial charge in [-0.15, -0.1) is 0 Å². The number of hydrogen-bond donors (Lipinski definition) is 1. The molecule has 1 aromatic heterocycles. The minimum Gasteiger partial charge on any atom is -0.438 e. The van der Waals surface area contributed by atoms with Crippen molar-refractivity contribution in [2.75, 3.05) is 5.75 Å². The van der Waals surface area contributed by atoms with E-state index in [4.69, 9.17) is 9.29 Å². The van der Waals surface area contributed by atoms with Gasteiger partial charge >= 0.3 is 11.8 Å². The average molecular weight is 291 g/mol. The Morgan fingerprint density at radius 2 is 2.37 bits per heavy atom. The molecule has 0 saturated carbocycles. The highest BCUT2D eigenvalue weighted by Gasteiger charge is 2.39. The van der Waals surface area contributed by atoms with Crippen molar-refractivity contribution in [3.8, 4) is 6.01 Å². The van der Waals surface area contributed by atoms with Crippen molar-refractivity contribution >= 4 is 15.9 Å². The first-order valence-corrected chi connectivity index (χ1v) is 7.15. The molecule has 1 N–H and O–H groups in total. The Balaban J connectivity index is 1.98. The highest BCUT2D eigenvalue weighted by Crippen LogP contribution is 2.33. The second-order valence-electron chi connectivity index (χ2n) is 4.71. The van der Waals surface area contributed by atoms with Crippen LogP contribution < -0.4 is 4.74 Å². The number of hydrogen-bond acceptors (Lipinski definition) is 6. The fraction of sp³-hybridized carbons (Fsp3) is 0.667. The van der Waals surface area contributed by atoms with E-state index < -0.39 is 20.6 Å². The Labute approximate surface area is 109 Å². The smallest absolute Gasteiger partial charge is 0.414 e. The summed E-state index contributed by atoms with van der Waals surface area (Å²) in [6, 6.07) is 0.154. The second kappa shape index (κ2) is 4.46. The number of aromatic nitrogens is 2. The SMILES string of the molecule is CC1(CCCS(=O)(=O)O)Cn2cc([N+](=O)[O-])nc2O1. The van der Waals surface area contributed by atoms with E-state index in [2.05, 4.69) is 4.98 Å². The van der Waals surface area contributed by atoms with Crippen LogP contribution in [0.2, 0.25) is 0 Å². The van der Waals surface area contributed by atoms with Crippen LogP contribution in [0.4, 0.5) is 5.82 Å². The molecule has 2 rings (SSSR count). The van der Waals surface area contributed by atoms with Crippen LogP contribution in [0.3, 0.4) is 0 Å². The summed E-state index contributed by atoms with van der Waals surface area (Å²) in [5.41, 5.74) is -0.665. The molecule has 2 heterocycles. The Hall–Kier alpha value is -1.68. The summed E-state index contributed by atoms with van der Waals surface area (Å²) in [6.45, 7) is 2.12. The zero-order valence-corrected chi connectivity index (χ0v) is 11.0. The largest absolute Gasteiger partial charge is 0.438 e. The van der Waals surface area contributed by atoms with Gasteiger partial charge in [0.05, 0.1) is 12.3 Å². The molecule has 19 heavy (non-hydrogen) atoms. The van der Waals surface area contributed by atoms with Gasteiger partial charge in [-0.1, -0.05) is 0 Å². The quantitative estimate of drug-likeness (QED) is 0.478. The van der Waals surface area contributed by atoms with E-state index in [-0.39, 0.29) is 24.0 Å². The normalized spacial score (nSPS) is 22.0. The molecular weight excluding hydrogens is 278 g/mol. The van der Waals surface area contributed by atoms with Gasteiger partial charge in [0.15, 0.2) is 0 Å². The lowest BCUT2D eigenvalue weighted by Crippen LogP contribution is -2.31. The third-order valence-electron chi connectivity index (χ3n) is 2.86. The Morgan fingerprint density at radius 3 is 2.89 bits per heavy atom. The second-order valence-corrected chi connectivity index (χ2v) is 6.28. The first-order chi connectivity index (χ1) is 8.69. The average Bonchev–Trinajstić information content (AvgIpc) is 2.70. The molecule has 0 fully saturated rings. The van der Waals surface area contributed by atoms with Crippen molar-refractivity contribution in [3.63, 3.8) is 0 Å². The van der Waals surface area contributed by atoms with Crippen LogP contribution in [0.25, 0.3) is 0 Å². The first-order valence-electron chi connectivity index (χ1n) is 5.54. The third-order valence-corrected chi connectivity index (χ3v) is 3.67.